The maximum atomic E-state index is 14.7. The van der Waals surface area contributed by atoms with Gasteiger partial charge in [0.25, 0.3) is 5.91 Å². The number of likely N-dealkylation sites (tertiary alicyclic amines) is 1. The zero-order valence-corrected chi connectivity index (χ0v) is 17.1. The van der Waals surface area contributed by atoms with Crippen molar-refractivity contribution in [2.75, 3.05) is 30.8 Å². The van der Waals surface area contributed by atoms with Gasteiger partial charge in [-0.2, -0.15) is 9.28 Å². The Kier molecular flexibility index (Phi) is 6.50. The molecule has 12 nitrogen and oxygen atoms in total. The van der Waals surface area contributed by atoms with E-state index in [2.05, 4.69) is 20.6 Å². The molecule has 2 aromatic heterocycles. The number of aromatic nitrogens is 2. The lowest BCUT2D eigenvalue weighted by Gasteiger charge is -2.38. The molecule has 0 aromatic carbocycles. The van der Waals surface area contributed by atoms with Crippen LogP contribution in [0.25, 0.3) is 0 Å². The molecule has 32 heavy (non-hydrogen) atoms. The van der Waals surface area contributed by atoms with E-state index in [9.17, 15) is 23.9 Å². The fourth-order valence-electron chi connectivity index (χ4n) is 3.46. The number of nitrogens with zero attached hydrogens (tertiary/aromatic N) is 3. The van der Waals surface area contributed by atoms with Crippen molar-refractivity contribution in [2.45, 2.75) is 18.5 Å². The van der Waals surface area contributed by atoms with Gasteiger partial charge < -0.3 is 31.9 Å². The van der Waals surface area contributed by atoms with Crippen LogP contribution in [0.2, 0.25) is 0 Å². The van der Waals surface area contributed by atoms with Crippen molar-refractivity contribution in [3.63, 3.8) is 0 Å². The smallest absolute Gasteiger partial charge is 0.481 e. The molecule has 0 saturated carbocycles. The second kappa shape index (κ2) is 9.11. The fourth-order valence-corrected chi connectivity index (χ4v) is 3.46. The summed E-state index contributed by atoms with van der Waals surface area (Å²) in [4.78, 5) is 42.7. The molecule has 0 spiro atoms. The predicted molar refractivity (Wildman–Crippen MR) is 111 cm³/mol. The standard InChI is InChI=1S/C19H22FN7O5/c1-32-15-6-10(2-4-23-15)24-17-11(16(22)29)7-12(20)18(26-17)25-14-3-5-27(9-28,19(30)31)8-13(14)21/h2,4,6-7,9,13-14H,3,5,8,21H2,1H3,(H4-,22,23,24,25,26,29,30,31)/p+1. The molecule has 170 valence electrons. The number of pyridine rings is 2. The summed E-state index contributed by atoms with van der Waals surface area (Å²) in [5.41, 5.74) is 11.7. The first kappa shape index (κ1) is 22.8. The summed E-state index contributed by atoms with van der Waals surface area (Å²) in [5.74, 6) is -1.65. The summed E-state index contributed by atoms with van der Waals surface area (Å²) in [6.07, 6.45) is 0.678. The van der Waals surface area contributed by atoms with Gasteiger partial charge >= 0.3 is 12.5 Å². The molecule has 1 aliphatic rings. The molecular weight excluding hydrogens is 425 g/mol. The number of amides is 3. The highest BCUT2D eigenvalue weighted by molar-refractivity contribution is 5.98. The number of nitrogens with one attached hydrogen (secondary N) is 2. The van der Waals surface area contributed by atoms with Crippen molar-refractivity contribution in [3.05, 3.63) is 35.8 Å². The lowest BCUT2D eigenvalue weighted by molar-refractivity contribution is -0.779. The lowest BCUT2D eigenvalue weighted by atomic mass is 9.98. The Hall–Kier alpha value is -3.84. The van der Waals surface area contributed by atoms with E-state index in [1.54, 1.807) is 12.1 Å². The van der Waals surface area contributed by atoms with E-state index < -0.39 is 34.4 Å². The number of carbonyl (C=O) groups is 3. The van der Waals surface area contributed by atoms with Gasteiger partial charge in [0.1, 0.15) is 12.4 Å². The number of halogens is 1. The number of anilines is 3. The maximum absolute atomic E-state index is 14.7. The van der Waals surface area contributed by atoms with E-state index in [1.165, 1.54) is 13.3 Å². The summed E-state index contributed by atoms with van der Waals surface area (Å²) in [7, 11) is 1.44. The van der Waals surface area contributed by atoms with Gasteiger partial charge in [0.15, 0.2) is 11.6 Å². The molecule has 2 aromatic rings. The predicted octanol–water partition coefficient (Wildman–Crippen LogP) is 0.630. The molecule has 1 aliphatic heterocycles. The van der Waals surface area contributed by atoms with Crippen LogP contribution in [-0.2, 0) is 4.79 Å². The highest BCUT2D eigenvalue weighted by atomic mass is 19.1. The molecule has 1 saturated heterocycles. The number of primary amides is 1. The number of nitrogens with two attached hydrogens (primary N) is 2. The second-order valence-corrected chi connectivity index (χ2v) is 7.32. The van der Waals surface area contributed by atoms with Crippen LogP contribution in [0, 0.1) is 5.82 Å². The number of rotatable bonds is 7. The number of imide groups is 1. The highest BCUT2D eigenvalue weighted by Crippen LogP contribution is 2.27. The minimum absolute atomic E-state index is 0.0115. The first-order chi connectivity index (χ1) is 15.2. The molecule has 0 bridgehead atoms. The van der Waals surface area contributed by atoms with Gasteiger partial charge in [0, 0.05) is 24.4 Å². The Morgan fingerprint density at radius 3 is 2.72 bits per heavy atom. The van der Waals surface area contributed by atoms with Crippen molar-refractivity contribution in [3.8, 4) is 5.88 Å². The third-order valence-corrected chi connectivity index (χ3v) is 5.25. The summed E-state index contributed by atoms with van der Waals surface area (Å²) >= 11 is 0. The zero-order chi connectivity index (χ0) is 23.5. The Bertz CT molecular complexity index is 1050. The summed E-state index contributed by atoms with van der Waals surface area (Å²) in [5, 5.41) is 15.1. The number of piperidine rings is 1. The van der Waals surface area contributed by atoms with Crippen LogP contribution in [0.1, 0.15) is 16.8 Å². The van der Waals surface area contributed by atoms with Crippen LogP contribution in [0.5, 0.6) is 5.88 Å². The van der Waals surface area contributed by atoms with Crippen LogP contribution >= 0.6 is 0 Å². The number of hydrogen-bond acceptors (Lipinski definition) is 9. The van der Waals surface area contributed by atoms with Crippen LogP contribution in [0.15, 0.2) is 24.4 Å². The summed E-state index contributed by atoms with van der Waals surface area (Å²) in [6, 6.07) is 2.74. The molecule has 3 atom stereocenters. The first-order valence-electron chi connectivity index (χ1n) is 9.55. The second-order valence-electron chi connectivity index (χ2n) is 7.32. The molecule has 13 heteroatoms. The largest absolute Gasteiger partial charge is 0.520 e. The van der Waals surface area contributed by atoms with Crippen molar-refractivity contribution < 1.29 is 33.1 Å². The molecule has 3 unspecified atom stereocenters. The fraction of sp³-hybridized carbons (Fsp3) is 0.316. The van der Waals surface area contributed by atoms with Gasteiger partial charge in [-0.05, 0) is 12.1 Å². The van der Waals surface area contributed by atoms with Gasteiger partial charge in [0.2, 0.25) is 5.88 Å². The van der Waals surface area contributed by atoms with Crippen molar-refractivity contribution in [1.82, 2.24) is 9.97 Å². The molecule has 3 amide bonds. The number of methoxy groups -OCH3 is 1. The van der Waals surface area contributed by atoms with E-state index in [0.717, 1.165) is 6.07 Å². The average molecular weight is 448 g/mol. The quantitative estimate of drug-likeness (QED) is 0.297. The van der Waals surface area contributed by atoms with Crippen molar-refractivity contribution in [1.29, 1.82) is 0 Å². The molecule has 3 heterocycles. The van der Waals surface area contributed by atoms with E-state index >= 15 is 0 Å². The summed E-state index contributed by atoms with van der Waals surface area (Å²) in [6.45, 7) is -0.188. The topological polar surface area (TPSA) is 183 Å². The Balaban J connectivity index is 1.87. The minimum atomic E-state index is -1.30. The van der Waals surface area contributed by atoms with Gasteiger partial charge in [-0.25, -0.2) is 19.2 Å². The van der Waals surface area contributed by atoms with Gasteiger partial charge in [-0.1, -0.05) is 0 Å². The van der Waals surface area contributed by atoms with E-state index in [1.807, 2.05) is 0 Å². The number of carbonyl (C=O) groups excluding carboxylic acids is 2. The molecule has 0 aliphatic carbocycles. The minimum Gasteiger partial charge on any atom is -0.481 e. The Labute approximate surface area is 182 Å². The normalized spacial score (nSPS) is 22.6. The van der Waals surface area contributed by atoms with E-state index in [-0.39, 0.29) is 36.7 Å². The van der Waals surface area contributed by atoms with Crippen molar-refractivity contribution in [2.24, 2.45) is 11.5 Å². The number of hydrogen-bond donors (Lipinski definition) is 5. The number of quaternary nitrogens is 1. The van der Waals surface area contributed by atoms with E-state index in [4.69, 9.17) is 16.2 Å². The van der Waals surface area contributed by atoms with Crippen LogP contribution in [0.4, 0.5) is 26.5 Å². The van der Waals surface area contributed by atoms with Gasteiger partial charge in [-0.15, -0.1) is 0 Å². The van der Waals surface area contributed by atoms with Crippen molar-refractivity contribution >= 4 is 35.7 Å². The SMILES string of the molecule is COc1cc(Nc2nc(NC3CC[N+](C=O)(C(=O)O)CC3N)c(F)cc2C(N)=O)ccn1. The molecular formula is C19H23FN7O5+. The Morgan fingerprint density at radius 2 is 2.12 bits per heavy atom. The third-order valence-electron chi connectivity index (χ3n) is 5.25. The van der Waals surface area contributed by atoms with Gasteiger partial charge in [0.05, 0.1) is 31.3 Å². The molecule has 7 N–H and O–H groups in total. The number of ether oxygens (including phenoxy) is 1. The molecule has 1 fully saturated rings. The van der Waals surface area contributed by atoms with Crippen LogP contribution < -0.4 is 26.8 Å². The van der Waals surface area contributed by atoms with Crippen LogP contribution in [0.3, 0.4) is 0 Å². The zero-order valence-electron chi connectivity index (χ0n) is 17.1. The molecule has 3 rings (SSSR count). The summed E-state index contributed by atoms with van der Waals surface area (Å²) < 4.78 is 18.9. The van der Waals surface area contributed by atoms with Gasteiger partial charge in [-0.3, -0.25) is 4.79 Å². The lowest BCUT2D eigenvalue weighted by Crippen LogP contribution is -2.65. The highest BCUT2D eigenvalue weighted by Gasteiger charge is 2.45. The average Bonchev–Trinajstić information content (AvgIpc) is 2.76. The van der Waals surface area contributed by atoms with E-state index in [0.29, 0.717) is 18.0 Å². The first-order valence-corrected chi connectivity index (χ1v) is 9.55. The van der Waals surface area contributed by atoms with Crippen LogP contribution in [-0.4, -0.2) is 70.3 Å². The number of carboxylic acid groups (broad SMARTS) is 1. The third kappa shape index (κ3) is 4.58. The maximum Gasteiger partial charge on any atom is 0.520 e. The molecule has 0 radical (unpaired) electrons. The Morgan fingerprint density at radius 1 is 1.38 bits per heavy atom. The monoisotopic (exact) mass is 448 g/mol.